The standard InChI is InChI=1S/C56H61NS/c1-51(2)25-27-53(5,6)49-39(51)18-13-20-42(49)57(43-21-14-19-40-50(43)54(7,8)28-26-52(40,3)4)37-23-24-44-41(32-37)56(46-30-34-29-36-31-47(56)55(36,46)33-34)48-38(17-12-22-45(48)58-44)35-15-10-9-11-16-35/h9-24,32,34,36,46-47H,25-31,33H2,1-8H3. The van der Waals surface area contributed by atoms with E-state index in [1.54, 1.807) is 22.3 Å². The lowest BCUT2D eigenvalue weighted by atomic mass is 9.26. The second kappa shape index (κ2) is 11.5. The molecule has 7 aliphatic rings. The molecule has 6 atom stereocenters. The molecular formula is C56H61NS. The fourth-order valence-corrected chi connectivity index (χ4v) is 16.6. The van der Waals surface area contributed by atoms with Gasteiger partial charge in [-0.2, -0.15) is 0 Å². The van der Waals surface area contributed by atoms with Crippen molar-refractivity contribution in [2.24, 2.45) is 29.1 Å². The van der Waals surface area contributed by atoms with Crippen LogP contribution in [0.2, 0.25) is 0 Å². The first kappa shape index (κ1) is 36.1. The average Bonchev–Trinajstić information content (AvgIpc) is 3.74. The highest BCUT2D eigenvalue weighted by Crippen LogP contribution is 2.89. The summed E-state index contributed by atoms with van der Waals surface area (Å²) in [5.74, 6) is 3.30. The molecule has 5 aromatic rings. The third kappa shape index (κ3) is 4.42. The van der Waals surface area contributed by atoms with Crippen LogP contribution >= 0.6 is 11.8 Å². The monoisotopic (exact) mass is 779 g/mol. The minimum absolute atomic E-state index is 0.0461. The van der Waals surface area contributed by atoms with E-state index in [0.29, 0.717) is 5.41 Å². The summed E-state index contributed by atoms with van der Waals surface area (Å²) in [6.45, 7) is 20.0. The molecule has 296 valence electrons. The topological polar surface area (TPSA) is 3.24 Å². The Bertz CT molecular complexity index is 2480. The van der Waals surface area contributed by atoms with E-state index in [4.69, 9.17) is 0 Å². The second-order valence-electron chi connectivity index (χ2n) is 22.7. The Balaban J connectivity index is 1.15. The molecule has 5 aromatic carbocycles. The molecule has 0 N–H and O–H groups in total. The lowest BCUT2D eigenvalue weighted by Gasteiger charge is -2.78. The molecule has 58 heavy (non-hydrogen) atoms. The van der Waals surface area contributed by atoms with E-state index in [1.807, 2.05) is 0 Å². The zero-order valence-corrected chi connectivity index (χ0v) is 37.0. The number of anilines is 3. The summed E-state index contributed by atoms with van der Waals surface area (Å²) in [5.41, 5.74) is 17.4. The van der Waals surface area contributed by atoms with Crippen LogP contribution in [0.3, 0.4) is 0 Å². The van der Waals surface area contributed by atoms with E-state index in [1.165, 1.54) is 100 Å². The predicted molar refractivity (Wildman–Crippen MR) is 243 cm³/mol. The summed E-state index contributed by atoms with van der Waals surface area (Å²) in [6.07, 6.45) is 10.6. The van der Waals surface area contributed by atoms with Gasteiger partial charge in [-0.3, -0.25) is 0 Å². The molecule has 0 saturated heterocycles. The lowest BCUT2D eigenvalue weighted by Crippen LogP contribution is -2.74. The normalized spacial score (nSPS) is 31.5. The number of hydrogen-bond donors (Lipinski definition) is 0. The van der Waals surface area contributed by atoms with Crippen molar-refractivity contribution in [3.05, 3.63) is 137 Å². The van der Waals surface area contributed by atoms with Crippen molar-refractivity contribution >= 4 is 28.8 Å². The van der Waals surface area contributed by atoms with Crippen LogP contribution in [0.1, 0.15) is 140 Å². The zero-order chi connectivity index (χ0) is 39.8. The summed E-state index contributed by atoms with van der Waals surface area (Å²) >= 11 is 2.05. The summed E-state index contributed by atoms with van der Waals surface area (Å²) in [7, 11) is 0. The van der Waals surface area contributed by atoms with E-state index in [-0.39, 0.29) is 27.1 Å². The van der Waals surface area contributed by atoms with Gasteiger partial charge in [0, 0.05) is 20.9 Å². The van der Waals surface area contributed by atoms with Gasteiger partial charge in [0.15, 0.2) is 0 Å². The van der Waals surface area contributed by atoms with E-state index < -0.39 is 0 Å². The molecule has 2 bridgehead atoms. The molecule has 0 amide bonds. The molecule has 0 radical (unpaired) electrons. The molecule has 1 nitrogen and oxygen atoms in total. The van der Waals surface area contributed by atoms with E-state index in [2.05, 4.69) is 175 Å². The molecule has 4 fully saturated rings. The van der Waals surface area contributed by atoms with E-state index >= 15 is 0 Å². The molecule has 6 aliphatic carbocycles. The van der Waals surface area contributed by atoms with Crippen molar-refractivity contribution < 1.29 is 0 Å². The number of rotatable bonds is 4. The number of hydrogen-bond acceptors (Lipinski definition) is 2. The van der Waals surface area contributed by atoms with E-state index in [9.17, 15) is 0 Å². The van der Waals surface area contributed by atoms with Gasteiger partial charge < -0.3 is 4.90 Å². The van der Waals surface area contributed by atoms with Crippen LogP contribution in [-0.4, -0.2) is 0 Å². The van der Waals surface area contributed by atoms with Crippen molar-refractivity contribution in [2.75, 3.05) is 4.90 Å². The van der Waals surface area contributed by atoms with Gasteiger partial charge in [0.05, 0.1) is 11.4 Å². The zero-order valence-electron chi connectivity index (χ0n) is 36.1. The fraction of sp³-hybridized carbons (Fsp3) is 0.464. The lowest BCUT2D eigenvalue weighted by molar-refractivity contribution is -0.234. The first-order chi connectivity index (χ1) is 27.7. The van der Waals surface area contributed by atoms with Crippen LogP contribution in [0.5, 0.6) is 0 Å². The highest BCUT2D eigenvalue weighted by atomic mass is 32.2. The predicted octanol–water partition coefficient (Wildman–Crippen LogP) is 15.3. The van der Waals surface area contributed by atoms with Crippen molar-refractivity contribution in [2.45, 2.75) is 144 Å². The van der Waals surface area contributed by atoms with E-state index in [0.717, 1.165) is 23.7 Å². The maximum Gasteiger partial charge on any atom is 0.0502 e. The summed E-state index contributed by atoms with van der Waals surface area (Å²) < 4.78 is 0. The van der Waals surface area contributed by atoms with Crippen LogP contribution in [0.15, 0.2) is 113 Å². The van der Waals surface area contributed by atoms with Gasteiger partial charge >= 0.3 is 0 Å². The van der Waals surface area contributed by atoms with Crippen LogP contribution in [0.25, 0.3) is 11.1 Å². The molecule has 12 rings (SSSR count). The number of benzene rings is 5. The third-order valence-corrected chi connectivity index (χ3v) is 19.2. The molecule has 1 aliphatic heterocycles. The van der Waals surface area contributed by atoms with Crippen molar-refractivity contribution in [3.63, 3.8) is 0 Å². The number of nitrogens with zero attached hydrogens (tertiary/aromatic N) is 1. The quantitative estimate of drug-likeness (QED) is 0.179. The minimum atomic E-state index is 0.0461. The first-order valence-corrected chi connectivity index (χ1v) is 23.6. The molecule has 0 aromatic heterocycles. The molecule has 2 heteroatoms. The first-order valence-electron chi connectivity index (χ1n) is 22.8. The van der Waals surface area contributed by atoms with Gasteiger partial charge in [0.25, 0.3) is 0 Å². The van der Waals surface area contributed by atoms with Crippen LogP contribution in [0.4, 0.5) is 17.1 Å². The van der Waals surface area contributed by atoms with Crippen molar-refractivity contribution in [1.29, 1.82) is 0 Å². The largest absolute Gasteiger partial charge is 0.310 e. The Kier molecular flexibility index (Phi) is 7.19. The Labute approximate surface area is 352 Å². The molecule has 2 spiro atoms. The Morgan fingerprint density at radius 1 is 0.517 bits per heavy atom. The minimum Gasteiger partial charge on any atom is -0.310 e. The van der Waals surface area contributed by atoms with Gasteiger partial charge in [0.2, 0.25) is 0 Å². The summed E-state index contributed by atoms with van der Waals surface area (Å²) in [5, 5.41) is 0. The van der Waals surface area contributed by atoms with Gasteiger partial charge in [-0.05, 0) is 183 Å². The Hall–Kier alpha value is -3.75. The maximum absolute atomic E-state index is 2.79. The molecule has 1 heterocycles. The van der Waals surface area contributed by atoms with Gasteiger partial charge in [-0.25, -0.2) is 0 Å². The second-order valence-corrected chi connectivity index (χ2v) is 23.7. The highest BCUT2D eigenvalue weighted by Gasteiger charge is 2.84. The SMILES string of the molecule is CC1(C)CCC(C)(C)c2c(N(c3ccc4c(c3)C3(c5c(cccc5-c5ccccc5)S4)C4CC5CC6CC3C64C5)c3cccc4c3C(C)(C)CCC4(C)C)cccc21. The van der Waals surface area contributed by atoms with Gasteiger partial charge in [0.1, 0.15) is 0 Å². The van der Waals surface area contributed by atoms with Crippen LogP contribution in [-0.2, 0) is 27.1 Å². The Morgan fingerprint density at radius 3 is 1.76 bits per heavy atom. The maximum atomic E-state index is 2.79. The summed E-state index contributed by atoms with van der Waals surface area (Å²) in [4.78, 5) is 5.79. The highest BCUT2D eigenvalue weighted by molar-refractivity contribution is 7.99. The Morgan fingerprint density at radius 2 is 1.12 bits per heavy atom. The van der Waals surface area contributed by atoms with Crippen molar-refractivity contribution in [1.82, 2.24) is 0 Å². The third-order valence-electron chi connectivity index (χ3n) is 18.0. The van der Waals surface area contributed by atoms with Gasteiger partial charge in [-0.15, -0.1) is 0 Å². The van der Waals surface area contributed by atoms with Crippen LogP contribution < -0.4 is 4.90 Å². The number of fused-ring (bicyclic) bond motifs is 9. The summed E-state index contributed by atoms with van der Waals surface area (Å²) in [6, 6.07) is 41.2. The average molecular weight is 780 g/mol. The molecular weight excluding hydrogens is 719 g/mol. The smallest absolute Gasteiger partial charge is 0.0502 e. The molecule has 4 saturated carbocycles. The van der Waals surface area contributed by atoms with Crippen molar-refractivity contribution in [3.8, 4) is 11.1 Å². The van der Waals surface area contributed by atoms with Crippen LogP contribution in [0, 0.1) is 29.1 Å². The molecule has 6 unspecified atom stereocenters. The fourth-order valence-electron chi connectivity index (χ4n) is 15.4. The van der Waals surface area contributed by atoms with Gasteiger partial charge in [-0.1, -0.05) is 134 Å².